The first kappa shape index (κ1) is 15.9. The number of carbonyl (C=O) groups is 2. The molecule has 0 spiro atoms. The van der Waals surface area contributed by atoms with E-state index in [2.05, 4.69) is 15.4 Å². The Bertz CT molecular complexity index is 630. The quantitative estimate of drug-likeness (QED) is 0.858. The first-order chi connectivity index (χ1) is 10.5. The van der Waals surface area contributed by atoms with Gasteiger partial charge >= 0.3 is 6.61 Å². The van der Waals surface area contributed by atoms with E-state index in [1.165, 1.54) is 35.6 Å². The summed E-state index contributed by atoms with van der Waals surface area (Å²) < 4.78 is 28.2. The van der Waals surface area contributed by atoms with Crippen molar-refractivity contribution >= 4 is 28.8 Å². The fourth-order valence-electron chi connectivity index (χ4n) is 1.58. The second kappa shape index (κ2) is 7.51. The first-order valence-electron chi connectivity index (χ1n) is 6.21. The second-order valence-electron chi connectivity index (χ2n) is 4.11. The Balaban J connectivity index is 1.80. The molecule has 0 aliphatic heterocycles. The van der Waals surface area contributed by atoms with E-state index >= 15 is 0 Å². The Kier molecular flexibility index (Phi) is 5.42. The van der Waals surface area contributed by atoms with Gasteiger partial charge in [0.2, 0.25) is 5.91 Å². The van der Waals surface area contributed by atoms with E-state index in [4.69, 9.17) is 0 Å². The molecule has 2 rings (SSSR count). The van der Waals surface area contributed by atoms with Crippen molar-refractivity contribution in [3.63, 3.8) is 0 Å². The van der Waals surface area contributed by atoms with Gasteiger partial charge in [-0.1, -0.05) is 6.07 Å². The third kappa shape index (κ3) is 4.81. The van der Waals surface area contributed by atoms with E-state index in [9.17, 15) is 18.4 Å². The minimum atomic E-state index is -2.90. The van der Waals surface area contributed by atoms with Crippen LogP contribution in [-0.2, 0) is 4.79 Å². The van der Waals surface area contributed by atoms with Gasteiger partial charge < -0.3 is 15.4 Å². The number of rotatable bonds is 6. The molecule has 0 radical (unpaired) electrons. The molecule has 0 aliphatic carbocycles. The maximum atomic E-state index is 12.0. The fourth-order valence-corrected chi connectivity index (χ4v) is 2.22. The second-order valence-corrected chi connectivity index (χ2v) is 5.06. The summed E-state index contributed by atoms with van der Waals surface area (Å²) >= 11 is 1.27. The highest BCUT2D eigenvalue weighted by molar-refractivity contribution is 7.12. The van der Waals surface area contributed by atoms with Gasteiger partial charge in [0, 0.05) is 5.69 Å². The lowest BCUT2D eigenvalue weighted by Gasteiger charge is -2.08. The van der Waals surface area contributed by atoms with Crippen molar-refractivity contribution in [2.45, 2.75) is 6.61 Å². The molecule has 2 aromatic rings. The van der Waals surface area contributed by atoms with Crippen LogP contribution in [0.4, 0.5) is 14.5 Å². The summed E-state index contributed by atoms with van der Waals surface area (Å²) in [6.07, 6.45) is 0. The summed E-state index contributed by atoms with van der Waals surface area (Å²) in [5, 5.41) is 6.77. The summed E-state index contributed by atoms with van der Waals surface area (Å²) in [4.78, 5) is 23.8. The molecular formula is C14H12F2N2O3S. The van der Waals surface area contributed by atoms with Crippen LogP contribution in [0.1, 0.15) is 9.67 Å². The van der Waals surface area contributed by atoms with Crippen LogP contribution in [0.25, 0.3) is 0 Å². The van der Waals surface area contributed by atoms with E-state index in [0.717, 1.165) is 0 Å². The van der Waals surface area contributed by atoms with E-state index < -0.39 is 12.5 Å². The van der Waals surface area contributed by atoms with Gasteiger partial charge in [-0.25, -0.2) is 0 Å². The standard InChI is InChI=1S/C14H12F2N2O3S/c15-14(16)21-10-5-3-9(4-6-10)18-12(19)8-17-13(20)11-2-1-7-22-11/h1-7,14H,8H2,(H,17,20)(H,18,19). The summed E-state index contributed by atoms with van der Waals surface area (Å²) in [6, 6.07) is 8.87. The minimum Gasteiger partial charge on any atom is -0.435 e. The lowest BCUT2D eigenvalue weighted by atomic mass is 10.3. The van der Waals surface area contributed by atoms with Crippen molar-refractivity contribution in [1.82, 2.24) is 5.32 Å². The highest BCUT2D eigenvalue weighted by atomic mass is 32.1. The molecule has 1 aromatic heterocycles. The molecule has 8 heteroatoms. The minimum absolute atomic E-state index is 0.000929. The number of halogens is 2. The first-order valence-corrected chi connectivity index (χ1v) is 7.09. The predicted molar refractivity (Wildman–Crippen MR) is 78.4 cm³/mol. The molecule has 0 atom stereocenters. The zero-order valence-electron chi connectivity index (χ0n) is 11.2. The van der Waals surface area contributed by atoms with E-state index in [1.54, 1.807) is 17.5 Å². The highest BCUT2D eigenvalue weighted by Crippen LogP contribution is 2.17. The lowest BCUT2D eigenvalue weighted by molar-refractivity contribution is -0.115. The van der Waals surface area contributed by atoms with E-state index in [0.29, 0.717) is 10.6 Å². The summed E-state index contributed by atoms with van der Waals surface area (Å²) in [5.74, 6) is -0.753. The number of thiophene rings is 1. The molecule has 0 saturated carbocycles. The number of amides is 2. The number of ether oxygens (including phenoxy) is 1. The Hall–Kier alpha value is -2.48. The zero-order chi connectivity index (χ0) is 15.9. The van der Waals surface area contributed by atoms with Gasteiger partial charge in [0.1, 0.15) is 5.75 Å². The van der Waals surface area contributed by atoms with Crippen molar-refractivity contribution in [1.29, 1.82) is 0 Å². The number of alkyl halides is 2. The Morgan fingerprint density at radius 3 is 2.50 bits per heavy atom. The Morgan fingerprint density at radius 2 is 1.91 bits per heavy atom. The smallest absolute Gasteiger partial charge is 0.387 e. The number of anilines is 1. The molecule has 0 saturated heterocycles. The normalized spacial score (nSPS) is 10.3. The molecular weight excluding hydrogens is 314 g/mol. The van der Waals surface area contributed by atoms with Crippen molar-refractivity contribution in [3.05, 3.63) is 46.7 Å². The highest BCUT2D eigenvalue weighted by Gasteiger charge is 2.09. The summed E-state index contributed by atoms with van der Waals surface area (Å²) in [5.41, 5.74) is 0.414. The number of hydrogen-bond donors (Lipinski definition) is 2. The molecule has 2 N–H and O–H groups in total. The average Bonchev–Trinajstić information content (AvgIpc) is 3.00. The zero-order valence-corrected chi connectivity index (χ0v) is 12.0. The van der Waals surface area contributed by atoms with Crippen molar-refractivity contribution in [3.8, 4) is 5.75 Å². The Labute approximate surface area is 128 Å². The fraction of sp³-hybridized carbons (Fsp3) is 0.143. The molecule has 1 heterocycles. The van der Waals surface area contributed by atoms with Crippen molar-refractivity contribution < 1.29 is 23.1 Å². The summed E-state index contributed by atoms with van der Waals surface area (Å²) in [6.45, 7) is -3.08. The maximum absolute atomic E-state index is 12.0. The maximum Gasteiger partial charge on any atom is 0.387 e. The molecule has 0 aliphatic rings. The van der Waals surface area contributed by atoms with Crippen LogP contribution >= 0.6 is 11.3 Å². The third-order valence-corrected chi connectivity index (χ3v) is 3.39. The van der Waals surface area contributed by atoms with Crippen molar-refractivity contribution in [2.75, 3.05) is 11.9 Å². The van der Waals surface area contributed by atoms with Gasteiger partial charge in [0.15, 0.2) is 0 Å². The predicted octanol–water partition coefficient (Wildman–Crippen LogP) is 2.72. The van der Waals surface area contributed by atoms with Gasteiger partial charge in [-0.2, -0.15) is 8.78 Å². The number of benzene rings is 1. The number of nitrogens with one attached hydrogen (secondary N) is 2. The molecule has 0 unspecified atom stereocenters. The molecule has 116 valence electrons. The Morgan fingerprint density at radius 1 is 1.18 bits per heavy atom. The lowest BCUT2D eigenvalue weighted by Crippen LogP contribution is -2.32. The molecule has 2 amide bonds. The van der Waals surface area contributed by atoms with E-state index in [-0.39, 0.29) is 18.2 Å². The van der Waals surface area contributed by atoms with Crippen LogP contribution in [0, 0.1) is 0 Å². The van der Waals surface area contributed by atoms with Crippen LogP contribution in [0.2, 0.25) is 0 Å². The third-order valence-electron chi connectivity index (χ3n) is 2.52. The van der Waals surface area contributed by atoms with Gasteiger partial charge in [-0.15, -0.1) is 11.3 Å². The largest absolute Gasteiger partial charge is 0.435 e. The van der Waals surface area contributed by atoms with Crippen LogP contribution < -0.4 is 15.4 Å². The number of carbonyl (C=O) groups excluding carboxylic acids is 2. The summed E-state index contributed by atoms with van der Waals surface area (Å²) in [7, 11) is 0. The molecule has 0 bridgehead atoms. The van der Waals surface area contributed by atoms with Crippen molar-refractivity contribution in [2.24, 2.45) is 0 Å². The monoisotopic (exact) mass is 326 g/mol. The van der Waals surface area contributed by atoms with Crippen LogP contribution in [0.15, 0.2) is 41.8 Å². The number of hydrogen-bond acceptors (Lipinski definition) is 4. The van der Waals surface area contributed by atoms with E-state index in [1.807, 2.05) is 0 Å². The van der Waals surface area contributed by atoms with Crippen LogP contribution in [0.3, 0.4) is 0 Å². The molecule has 0 fully saturated rings. The van der Waals surface area contributed by atoms with Gasteiger partial charge in [0.05, 0.1) is 11.4 Å². The molecule has 22 heavy (non-hydrogen) atoms. The topological polar surface area (TPSA) is 67.4 Å². The SMILES string of the molecule is O=C(CNC(=O)c1cccs1)Nc1ccc(OC(F)F)cc1. The van der Waals surface area contributed by atoms with Crippen LogP contribution in [-0.4, -0.2) is 25.0 Å². The van der Waals surface area contributed by atoms with Gasteiger partial charge in [0.25, 0.3) is 5.91 Å². The average molecular weight is 326 g/mol. The van der Waals surface area contributed by atoms with Gasteiger partial charge in [-0.05, 0) is 35.7 Å². The molecule has 1 aromatic carbocycles. The van der Waals surface area contributed by atoms with Gasteiger partial charge in [-0.3, -0.25) is 9.59 Å². The van der Waals surface area contributed by atoms with Crippen LogP contribution in [0.5, 0.6) is 5.75 Å². The molecule has 5 nitrogen and oxygen atoms in total.